The quantitative estimate of drug-likeness (QED) is 0.524. The monoisotopic (exact) mass is 172 g/mol. The van der Waals surface area contributed by atoms with Gasteiger partial charge in [0.25, 0.3) is 0 Å². The lowest BCUT2D eigenvalue weighted by molar-refractivity contribution is 0.476. The van der Waals surface area contributed by atoms with Crippen LogP contribution in [0.1, 0.15) is 18.5 Å². The maximum absolute atomic E-state index is 13.0. The molecule has 0 saturated heterocycles. The van der Waals surface area contributed by atoms with Crippen LogP contribution in [0, 0.1) is 11.6 Å². The van der Waals surface area contributed by atoms with Gasteiger partial charge in [-0.05, 0) is 13.0 Å². The first kappa shape index (κ1) is 9.09. The van der Waals surface area contributed by atoms with Crippen LogP contribution in [0.3, 0.4) is 0 Å². The summed E-state index contributed by atoms with van der Waals surface area (Å²) in [7, 11) is 0. The van der Waals surface area contributed by atoms with Gasteiger partial charge in [-0.3, -0.25) is 11.3 Å². The Morgan fingerprint density at radius 1 is 1.42 bits per heavy atom. The smallest absolute Gasteiger partial charge is 0.163 e. The molecule has 1 aromatic carbocycles. The van der Waals surface area contributed by atoms with Crippen molar-refractivity contribution in [1.82, 2.24) is 5.43 Å². The minimum absolute atomic E-state index is 0.234. The van der Waals surface area contributed by atoms with Crippen LogP contribution in [0.4, 0.5) is 8.78 Å². The van der Waals surface area contributed by atoms with Crippen LogP contribution in [0.5, 0.6) is 0 Å². The van der Waals surface area contributed by atoms with E-state index in [4.69, 9.17) is 5.84 Å². The fourth-order valence-corrected chi connectivity index (χ4v) is 0.945. The number of nitrogens with one attached hydrogen (secondary N) is 1. The summed E-state index contributed by atoms with van der Waals surface area (Å²) in [5.74, 6) is 3.39. The summed E-state index contributed by atoms with van der Waals surface area (Å²) < 4.78 is 25.6. The average molecular weight is 172 g/mol. The second-order valence-electron chi connectivity index (χ2n) is 2.53. The van der Waals surface area contributed by atoms with Crippen LogP contribution in [-0.4, -0.2) is 0 Å². The van der Waals surface area contributed by atoms with Crippen LogP contribution in [0.2, 0.25) is 0 Å². The first-order chi connectivity index (χ1) is 5.66. The molecule has 3 N–H and O–H groups in total. The zero-order valence-corrected chi connectivity index (χ0v) is 6.64. The molecule has 0 aromatic heterocycles. The average Bonchev–Trinajstić information content (AvgIpc) is 2.08. The van der Waals surface area contributed by atoms with E-state index >= 15 is 0 Å². The van der Waals surface area contributed by atoms with Crippen LogP contribution >= 0.6 is 0 Å². The van der Waals surface area contributed by atoms with Gasteiger partial charge < -0.3 is 0 Å². The molecule has 0 aliphatic heterocycles. The molecule has 0 heterocycles. The highest BCUT2D eigenvalue weighted by Crippen LogP contribution is 2.17. The van der Waals surface area contributed by atoms with Crippen molar-refractivity contribution in [1.29, 1.82) is 0 Å². The molecule has 0 amide bonds. The van der Waals surface area contributed by atoms with Gasteiger partial charge in [-0.25, -0.2) is 8.78 Å². The van der Waals surface area contributed by atoms with Crippen LogP contribution in [0.25, 0.3) is 0 Å². The lowest BCUT2D eigenvalue weighted by Gasteiger charge is -2.10. The minimum atomic E-state index is -0.852. The Morgan fingerprint density at radius 2 is 2.08 bits per heavy atom. The lowest BCUT2D eigenvalue weighted by Crippen LogP contribution is -2.26. The molecule has 2 nitrogen and oxygen atoms in total. The summed E-state index contributed by atoms with van der Waals surface area (Å²) in [6, 6.07) is 3.62. The number of rotatable bonds is 2. The molecular formula is C8H10F2N2. The van der Waals surface area contributed by atoms with Crippen molar-refractivity contribution in [2.45, 2.75) is 13.0 Å². The van der Waals surface area contributed by atoms with Crippen molar-refractivity contribution < 1.29 is 8.78 Å². The lowest BCUT2D eigenvalue weighted by atomic mass is 10.1. The zero-order chi connectivity index (χ0) is 9.14. The third-order valence-electron chi connectivity index (χ3n) is 1.70. The van der Waals surface area contributed by atoms with E-state index in [1.807, 2.05) is 0 Å². The molecule has 0 radical (unpaired) electrons. The first-order valence-corrected chi connectivity index (χ1v) is 3.57. The van der Waals surface area contributed by atoms with Gasteiger partial charge in [0.1, 0.15) is 0 Å². The Bertz CT molecular complexity index is 276. The molecule has 0 bridgehead atoms. The van der Waals surface area contributed by atoms with Crippen molar-refractivity contribution >= 4 is 0 Å². The van der Waals surface area contributed by atoms with E-state index in [1.165, 1.54) is 12.1 Å². The Morgan fingerprint density at radius 3 is 2.67 bits per heavy atom. The highest BCUT2D eigenvalue weighted by atomic mass is 19.2. The molecule has 0 spiro atoms. The molecule has 12 heavy (non-hydrogen) atoms. The molecule has 0 aliphatic carbocycles. The molecule has 1 rings (SSSR count). The molecule has 1 aromatic rings. The largest absolute Gasteiger partial charge is 0.271 e. The summed E-state index contributed by atoms with van der Waals surface area (Å²) in [4.78, 5) is 0. The van der Waals surface area contributed by atoms with Gasteiger partial charge in [0, 0.05) is 11.6 Å². The number of hydrogen-bond acceptors (Lipinski definition) is 2. The second kappa shape index (κ2) is 3.60. The normalized spacial score (nSPS) is 13.0. The van der Waals surface area contributed by atoms with Gasteiger partial charge in [0.05, 0.1) is 0 Å². The van der Waals surface area contributed by atoms with Gasteiger partial charge >= 0.3 is 0 Å². The van der Waals surface area contributed by atoms with Gasteiger partial charge in [-0.2, -0.15) is 0 Å². The van der Waals surface area contributed by atoms with Crippen LogP contribution in [0.15, 0.2) is 18.2 Å². The van der Waals surface area contributed by atoms with E-state index in [2.05, 4.69) is 5.43 Å². The highest BCUT2D eigenvalue weighted by molar-refractivity contribution is 5.21. The summed E-state index contributed by atoms with van der Waals surface area (Å²) in [6.45, 7) is 1.65. The van der Waals surface area contributed by atoms with Crippen molar-refractivity contribution in [3.8, 4) is 0 Å². The Kier molecular flexibility index (Phi) is 2.73. The number of halogens is 2. The van der Waals surface area contributed by atoms with Gasteiger partial charge in [0.15, 0.2) is 11.6 Å². The molecular weight excluding hydrogens is 162 g/mol. The first-order valence-electron chi connectivity index (χ1n) is 3.57. The van der Waals surface area contributed by atoms with E-state index in [0.29, 0.717) is 0 Å². The Balaban J connectivity index is 3.07. The second-order valence-corrected chi connectivity index (χ2v) is 2.53. The predicted octanol–water partition coefficient (Wildman–Crippen LogP) is 1.49. The number of benzene rings is 1. The van der Waals surface area contributed by atoms with E-state index in [0.717, 1.165) is 6.07 Å². The Hall–Kier alpha value is -1.00. The minimum Gasteiger partial charge on any atom is -0.271 e. The van der Waals surface area contributed by atoms with Gasteiger partial charge in [0.2, 0.25) is 0 Å². The number of hydrogen-bond donors (Lipinski definition) is 2. The summed E-state index contributed by atoms with van der Waals surface area (Å²) in [5, 5.41) is 0. The van der Waals surface area contributed by atoms with Crippen LogP contribution in [-0.2, 0) is 0 Å². The fraction of sp³-hybridized carbons (Fsp3) is 0.250. The third kappa shape index (κ3) is 1.60. The van der Waals surface area contributed by atoms with Crippen molar-refractivity contribution in [3.63, 3.8) is 0 Å². The Labute approximate surface area is 69.4 Å². The zero-order valence-electron chi connectivity index (χ0n) is 6.64. The van der Waals surface area contributed by atoms with E-state index < -0.39 is 11.6 Å². The molecule has 0 fully saturated rings. The van der Waals surface area contributed by atoms with Crippen molar-refractivity contribution in [2.24, 2.45) is 5.84 Å². The molecule has 0 unspecified atom stereocenters. The summed E-state index contributed by atoms with van der Waals surface area (Å²) >= 11 is 0. The standard InChI is InChI=1S/C8H10F2N2/c1-5(12-11)6-3-2-4-7(9)8(6)10/h2-5,12H,11H2,1H3/t5-/m0/s1. The van der Waals surface area contributed by atoms with Crippen LogP contribution < -0.4 is 11.3 Å². The maximum atomic E-state index is 13.0. The maximum Gasteiger partial charge on any atom is 0.163 e. The van der Waals surface area contributed by atoms with Gasteiger partial charge in [-0.1, -0.05) is 12.1 Å². The summed E-state index contributed by atoms with van der Waals surface area (Å²) in [6.07, 6.45) is 0. The molecule has 1 atom stereocenters. The number of nitrogens with two attached hydrogens (primary N) is 1. The predicted molar refractivity (Wildman–Crippen MR) is 42.1 cm³/mol. The SMILES string of the molecule is C[C@H](NN)c1cccc(F)c1F. The fourth-order valence-electron chi connectivity index (χ4n) is 0.945. The van der Waals surface area contributed by atoms with Gasteiger partial charge in [-0.15, -0.1) is 0 Å². The molecule has 0 aliphatic rings. The van der Waals surface area contributed by atoms with E-state index in [-0.39, 0.29) is 11.6 Å². The molecule has 66 valence electrons. The summed E-state index contributed by atoms with van der Waals surface area (Å²) in [5.41, 5.74) is 2.58. The highest BCUT2D eigenvalue weighted by Gasteiger charge is 2.11. The topological polar surface area (TPSA) is 38.0 Å². The number of hydrazine groups is 1. The molecule has 4 heteroatoms. The third-order valence-corrected chi connectivity index (χ3v) is 1.70. The van der Waals surface area contributed by atoms with Crippen molar-refractivity contribution in [2.75, 3.05) is 0 Å². The van der Waals surface area contributed by atoms with E-state index in [9.17, 15) is 8.78 Å². The van der Waals surface area contributed by atoms with Crippen molar-refractivity contribution in [3.05, 3.63) is 35.4 Å². The molecule has 0 saturated carbocycles. The van der Waals surface area contributed by atoms with E-state index in [1.54, 1.807) is 6.92 Å².